The van der Waals surface area contributed by atoms with Crippen LogP contribution in [0.5, 0.6) is 0 Å². The lowest BCUT2D eigenvalue weighted by Crippen LogP contribution is -1.97. The molecule has 94 valence electrons. The highest BCUT2D eigenvalue weighted by Gasteiger charge is 2.18. The van der Waals surface area contributed by atoms with Crippen LogP contribution >= 0.6 is 38.9 Å². The van der Waals surface area contributed by atoms with Gasteiger partial charge in [-0.2, -0.15) is 0 Å². The number of aryl methyl sites for hydroxylation is 1. The molecule has 0 unspecified atom stereocenters. The van der Waals surface area contributed by atoms with Crippen molar-refractivity contribution in [3.63, 3.8) is 0 Å². The summed E-state index contributed by atoms with van der Waals surface area (Å²) in [5.41, 5.74) is 1.36. The molecule has 2 rings (SSSR count). The summed E-state index contributed by atoms with van der Waals surface area (Å²) in [5, 5.41) is 10.3. The average molecular weight is 347 g/mol. The number of aromatic carboxylic acids is 1. The number of carboxylic acid groups (broad SMARTS) is 1. The number of aromatic nitrogens is 1. The van der Waals surface area contributed by atoms with E-state index in [1.807, 2.05) is 19.1 Å². The highest BCUT2D eigenvalue weighted by atomic mass is 79.9. The summed E-state index contributed by atoms with van der Waals surface area (Å²) in [7, 11) is 0. The molecule has 6 heteroatoms. The summed E-state index contributed by atoms with van der Waals surface area (Å²) in [5.74, 6) is -0.941. The number of rotatable bonds is 3. The minimum absolute atomic E-state index is 0.284. The van der Waals surface area contributed by atoms with Crippen LogP contribution in [-0.4, -0.2) is 16.1 Å². The molecule has 0 fully saturated rings. The molecule has 0 spiro atoms. The van der Waals surface area contributed by atoms with Gasteiger partial charge in [0.1, 0.15) is 9.88 Å². The fraction of sp³-hybridized carbons (Fsp3) is 0.167. The number of hydrogen-bond donors (Lipinski definition) is 1. The molecule has 3 nitrogen and oxygen atoms in total. The summed E-state index contributed by atoms with van der Waals surface area (Å²) in [6, 6.07) is 5.45. The van der Waals surface area contributed by atoms with Gasteiger partial charge >= 0.3 is 5.97 Å². The van der Waals surface area contributed by atoms with Gasteiger partial charge in [0.15, 0.2) is 0 Å². The molecule has 2 aromatic rings. The first-order valence-corrected chi connectivity index (χ1v) is 7.20. The third-order valence-corrected chi connectivity index (χ3v) is 4.31. The Labute approximate surface area is 122 Å². The van der Waals surface area contributed by atoms with Crippen LogP contribution in [0.1, 0.15) is 22.3 Å². The van der Waals surface area contributed by atoms with Crippen molar-refractivity contribution in [2.75, 3.05) is 0 Å². The van der Waals surface area contributed by atoms with Crippen molar-refractivity contribution in [2.24, 2.45) is 0 Å². The number of benzene rings is 1. The zero-order chi connectivity index (χ0) is 13.3. The standard InChI is InChI=1S/C12H9BrClNO2S/c1-2-9-10(12(16)17)18-11(15-9)7-4-3-6(13)5-8(7)14/h3-5H,2H2,1H3,(H,16,17). The molecule has 0 bridgehead atoms. The number of thiazole rings is 1. The molecule has 0 radical (unpaired) electrons. The molecular weight excluding hydrogens is 338 g/mol. The number of hydrogen-bond acceptors (Lipinski definition) is 3. The zero-order valence-corrected chi connectivity index (χ0v) is 12.6. The fourth-order valence-electron chi connectivity index (χ4n) is 1.54. The van der Waals surface area contributed by atoms with E-state index in [2.05, 4.69) is 20.9 Å². The predicted octanol–water partition coefficient (Wildman–Crippen LogP) is 4.49. The second-order valence-electron chi connectivity index (χ2n) is 3.58. The van der Waals surface area contributed by atoms with E-state index >= 15 is 0 Å². The molecule has 0 saturated carbocycles. The minimum Gasteiger partial charge on any atom is -0.477 e. The van der Waals surface area contributed by atoms with E-state index in [1.54, 1.807) is 6.07 Å². The van der Waals surface area contributed by atoms with Crippen molar-refractivity contribution >= 4 is 44.8 Å². The van der Waals surface area contributed by atoms with Gasteiger partial charge in [-0.3, -0.25) is 0 Å². The Morgan fingerprint density at radius 3 is 2.78 bits per heavy atom. The molecule has 0 aliphatic rings. The van der Waals surface area contributed by atoms with E-state index in [9.17, 15) is 4.79 Å². The highest BCUT2D eigenvalue weighted by molar-refractivity contribution is 9.10. The zero-order valence-electron chi connectivity index (χ0n) is 9.41. The number of carboxylic acids is 1. The summed E-state index contributed by atoms with van der Waals surface area (Å²) >= 11 is 10.6. The maximum absolute atomic E-state index is 11.1. The lowest BCUT2D eigenvalue weighted by atomic mass is 10.2. The van der Waals surface area contributed by atoms with E-state index in [0.29, 0.717) is 22.1 Å². The molecule has 0 amide bonds. The molecule has 1 aromatic carbocycles. The molecule has 1 heterocycles. The van der Waals surface area contributed by atoms with Gasteiger partial charge < -0.3 is 5.11 Å². The Morgan fingerprint density at radius 1 is 1.56 bits per heavy atom. The Bertz CT molecular complexity index is 612. The first kappa shape index (κ1) is 13.5. The van der Waals surface area contributed by atoms with Crippen LogP contribution in [0.4, 0.5) is 0 Å². The fourth-order valence-corrected chi connectivity index (χ4v) is 3.39. The Balaban J connectivity index is 2.54. The van der Waals surface area contributed by atoms with Crippen molar-refractivity contribution in [1.29, 1.82) is 0 Å². The smallest absolute Gasteiger partial charge is 0.347 e. The van der Waals surface area contributed by atoms with Gasteiger partial charge in [-0.25, -0.2) is 9.78 Å². The van der Waals surface area contributed by atoms with Crippen LogP contribution in [0.15, 0.2) is 22.7 Å². The second kappa shape index (κ2) is 5.38. The number of halogens is 2. The quantitative estimate of drug-likeness (QED) is 0.891. The van der Waals surface area contributed by atoms with Gasteiger partial charge in [-0.05, 0) is 24.6 Å². The van der Waals surface area contributed by atoms with Crippen LogP contribution in [0, 0.1) is 0 Å². The molecule has 18 heavy (non-hydrogen) atoms. The Kier molecular flexibility index (Phi) is 4.04. The number of carbonyl (C=O) groups is 1. The van der Waals surface area contributed by atoms with Gasteiger partial charge in [0, 0.05) is 10.0 Å². The SMILES string of the molecule is CCc1nc(-c2ccc(Br)cc2Cl)sc1C(=O)O. The molecular formula is C12H9BrClNO2S. The van der Waals surface area contributed by atoms with Crippen LogP contribution in [0.25, 0.3) is 10.6 Å². The van der Waals surface area contributed by atoms with Gasteiger partial charge in [-0.1, -0.05) is 34.5 Å². The summed E-state index contributed by atoms with van der Waals surface area (Å²) in [4.78, 5) is 15.7. The maximum atomic E-state index is 11.1. The summed E-state index contributed by atoms with van der Waals surface area (Å²) in [6.45, 7) is 1.88. The third-order valence-electron chi connectivity index (χ3n) is 2.39. The van der Waals surface area contributed by atoms with Gasteiger partial charge in [0.05, 0.1) is 10.7 Å². The van der Waals surface area contributed by atoms with Crippen molar-refractivity contribution in [3.05, 3.63) is 38.3 Å². The molecule has 0 aliphatic carbocycles. The van der Waals surface area contributed by atoms with E-state index < -0.39 is 5.97 Å². The minimum atomic E-state index is -0.941. The van der Waals surface area contributed by atoms with Crippen molar-refractivity contribution in [1.82, 2.24) is 4.98 Å². The average Bonchev–Trinajstić information content (AvgIpc) is 2.73. The van der Waals surface area contributed by atoms with Crippen LogP contribution in [0.2, 0.25) is 5.02 Å². The molecule has 0 saturated heterocycles. The van der Waals surface area contributed by atoms with E-state index in [1.165, 1.54) is 0 Å². The van der Waals surface area contributed by atoms with Crippen molar-refractivity contribution < 1.29 is 9.90 Å². The monoisotopic (exact) mass is 345 g/mol. The molecule has 1 aromatic heterocycles. The van der Waals surface area contributed by atoms with Crippen LogP contribution in [0.3, 0.4) is 0 Å². The second-order valence-corrected chi connectivity index (χ2v) is 5.90. The Hall–Kier alpha value is -0.910. The largest absolute Gasteiger partial charge is 0.477 e. The molecule has 0 aliphatic heterocycles. The van der Waals surface area contributed by atoms with E-state index in [4.69, 9.17) is 16.7 Å². The van der Waals surface area contributed by atoms with E-state index in [0.717, 1.165) is 21.4 Å². The van der Waals surface area contributed by atoms with Crippen molar-refractivity contribution in [2.45, 2.75) is 13.3 Å². The number of nitrogens with zero attached hydrogens (tertiary/aromatic N) is 1. The van der Waals surface area contributed by atoms with Crippen LogP contribution in [-0.2, 0) is 6.42 Å². The Morgan fingerprint density at radius 2 is 2.28 bits per heavy atom. The first-order chi connectivity index (χ1) is 8.52. The van der Waals surface area contributed by atoms with Crippen molar-refractivity contribution in [3.8, 4) is 10.6 Å². The summed E-state index contributed by atoms with van der Waals surface area (Å²) < 4.78 is 0.877. The predicted molar refractivity (Wildman–Crippen MR) is 76.6 cm³/mol. The van der Waals surface area contributed by atoms with Gasteiger partial charge in [0.25, 0.3) is 0 Å². The summed E-state index contributed by atoms with van der Waals surface area (Å²) in [6.07, 6.45) is 0.590. The maximum Gasteiger partial charge on any atom is 0.347 e. The lowest BCUT2D eigenvalue weighted by Gasteiger charge is -2.00. The highest BCUT2D eigenvalue weighted by Crippen LogP contribution is 2.34. The molecule has 1 N–H and O–H groups in total. The van der Waals surface area contributed by atoms with Gasteiger partial charge in [0.2, 0.25) is 0 Å². The molecule has 0 atom stereocenters. The lowest BCUT2D eigenvalue weighted by molar-refractivity contribution is 0.0701. The van der Waals surface area contributed by atoms with E-state index in [-0.39, 0.29) is 4.88 Å². The normalized spacial score (nSPS) is 10.6. The topological polar surface area (TPSA) is 50.2 Å². The van der Waals surface area contributed by atoms with Gasteiger partial charge in [-0.15, -0.1) is 11.3 Å². The van der Waals surface area contributed by atoms with Crippen LogP contribution < -0.4 is 0 Å². The first-order valence-electron chi connectivity index (χ1n) is 5.21. The third kappa shape index (κ3) is 2.58.